The number of ether oxygens (including phenoxy) is 3. The Morgan fingerprint density at radius 2 is 1.88 bits per heavy atom. The minimum Gasteiger partial charge on any atom is -0.496 e. The van der Waals surface area contributed by atoms with Crippen LogP contribution >= 0.6 is 0 Å². The fourth-order valence-corrected chi connectivity index (χ4v) is 4.90. The van der Waals surface area contributed by atoms with Crippen LogP contribution in [0.2, 0.25) is 0 Å². The molecule has 11 heteroatoms. The normalized spacial score (nSPS) is 14.9. The number of aryl methyl sites for hydroxylation is 1. The topological polar surface area (TPSA) is 112 Å². The van der Waals surface area contributed by atoms with Gasteiger partial charge < -0.3 is 30.2 Å². The fourth-order valence-electron chi connectivity index (χ4n) is 4.90. The lowest BCUT2D eigenvalue weighted by Crippen LogP contribution is -2.39. The third-order valence-corrected chi connectivity index (χ3v) is 6.91. The number of nitrogen functional groups attached to an aromatic ring is 1. The minimum atomic E-state index is -3.19. The highest BCUT2D eigenvalue weighted by molar-refractivity contribution is 5.94. The molecular formula is C31H39F2N5O4. The van der Waals surface area contributed by atoms with Crippen LogP contribution in [-0.4, -0.2) is 60.5 Å². The second-order valence-electron chi connectivity index (χ2n) is 11.5. The van der Waals surface area contributed by atoms with Crippen molar-refractivity contribution in [3.8, 4) is 5.75 Å². The van der Waals surface area contributed by atoms with Gasteiger partial charge in [-0.1, -0.05) is 6.08 Å². The Bertz CT molecular complexity index is 1500. The number of nitrogens with zero attached hydrogens (tertiary/aromatic N) is 3. The van der Waals surface area contributed by atoms with E-state index in [1.165, 1.54) is 19.2 Å². The summed E-state index contributed by atoms with van der Waals surface area (Å²) in [6.45, 7) is 9.33. The van der Waals surface area contributed by atoms with E-state index in [4.69, 9.17) is 19.9 Å². The zero-order valence-electron chi connectivity index (χ0n) is 25.2. The summed E-state index contributed by atoms with van der Waals surface area (Å²) in [5, 5.41) is 4.12. The van der Waals surface area contributed by atoms with Gasteiger partial charge in [0, 0.05) is 48.5 Å². The largest absolute Gasteiger partial charge is 0.496 e. The average molecular weight is 584 g/mol. The van der Waals surface area contributed by atoms with E-state index in [0.717, 1.165) is 16.5 Å². The molecule has 1 atom stereocenters. The fraction of sp³-hybridized carbons (Fsp3) is 0.452. The van der Waals surface area contributed by atoms with Crippen LogP contribution in [0.15, 0.2) is 36.4 Å². The van der Waals surface area contributed by atoms with Gasteiger partial charge in [-0.3, -0.25) is 0 Å². The van der Waals surface area contributed by atoms with Gasteiger partial charge in [0.2, 0.25) is 0 Å². The second-order valence-corrected chi connectivity index (χ2v) is 11.5. The van der Waals surface area contributed by atoms with Crippen molar-refractivity contribution in [3.63, 3.8) is 0 Å². The number of nitrogens with one attached hydrogen (secondary N) is 1. The number of carbonyl (C=O) groups excluding carboxylic acids is 1. The molecule has 1 aliphatic heterocycles. The van der Waals surface area contributed by atoms with Gasteiger partial charge >= 0.3 is 6.09 Å². The van der Waals surface area contributed by atoms with Crippen molar-refractivity contribution in [3.05, 3.63) is 58.9 Å². The average Bonchev–Trinajstić information content (AvgIpc) is 2.91. The third-order valence-electron chi connectivity index (χ3n) is 6.91. The van der Waals surface area contributed by atoms with Gasteiger partial charge in [0.15, 0.2) is 0 Å². The molecule has 3 N–H and O–H groups in total. The van der Waals surface area contributed by atoms with Gasteiger partial charge in [-0.2, -0.15) is 8.78 Å². The highest BCUT2D eigenvalue weighted by Gasteiger charge is 2.32. The van der Waals surface area contributed by atoms with E-state index >= 15 is 0 Å². The summed E-state index contributed by atoms with van der Waals surface area (Å²) < 4.78 is 45.2. The number of fused-ring (bicyclic) bond motifs is 1. The van der Waals surface area contributed by atoms with Crippen molar-refractivity contribution in [2.75, 3.05) is 45.0 Å². The quantitative estimate of drug-likeness (QED) is 0.291. The summed E-state index contributed by atoms with van der Waals surface area (Å²) in [6, 6.07) is 7.78. The maximum atomic E-state index is 14.6. The molecule has 1 aromatic heterocycles. The number of carbonyl (C=O) groups is 1. The SMILES string of the molecule is COCC(F)(F)c1cc(N)cc([C@@H](C)Nc2nc(C)nc3cc(OC)c(C4=CCN(C(=O)OC(C)(C)C)CC4)cc23)c1. The molecule has 0 radical (unpaired) electrons. The van der Waals surface area contributed by atoms with Gasteiger partial charge in [-0.25, -0.2) is 14.8 Å². The number of nitrogens with two attached hydrogens (primary N) is 1. The number of halogens is 2. The van der Waals surface area contributed by atoms with E-state index < -0.39 is 24.2 Å². The van der Waals surface area contributed by atoms with Gasteiger partial charge in [0.25, 0.3) is 5.92 Å². The summed E-state index contributed by atoms with van der Waals surface area (Å²) in [6.07, 6.45) is 2.25. The number of hydrogen-bond donors (Lipinski definition) is 2. The summed E-state index contributed by atoms with van der Waals surface area (Å²) in [5.41, 5.74) is 8.59. The van der Waals surface area contributed by atoms with Crippen LogP contribution in [0.1, 0.15) is 62.7 Å². The van der Waals surface area contributed by atoms with E-state index in [1.54, 1.807) is 25.0 Å². The molecule has 2 aromatic carbocycles. The monoisotopic (exact) mass is 583 g/mol. The van der Waals surface area contributed by atoms with Crippen LogP contribution in [0, 0.1) is 6.92 Å². The highest BCUT2D eigenvalue weighted by Crippen LogP contribution is 2.37. The maximum absolute atomic E-state index is 14.6. The number of rotatable bonds is 8. The first-order valence-electron chi connectivity index (χ1n) is 13.8. The standard InChI is InChI=1S/C31H39F2N5O4/c1-18(21-12-22(14-23(34)13-21)31(32,33)17-40-6)35-28-25-15-24(27(41-7)16-26(25)36-19(2)37-28)20-8-10-38(11-9-20)29(39)42-30(3,4)5/h8,12-16,18H,9-11,17,34H2,1-7H3,(H,35,36,37)/t18-/m1/s1. The second kappa shape index (κ2) is 12.1. The van der Waals surface area contributed by atoms with Crippen molar-refractivity contribution in [1.29, 1.82) is 0 Å². The number of alkyl halides is 2. The van der Waals surface area contributed by atoms with E-state index in [0.29, 0.717) is 48.0 Å². The van der Waals surface area contributed by atoms with Crippen molar-refractivity contribution in [2.45, 2.75) is 58.6 Å². The van der Waals surface area contributed by atoms with Crippen molar-refractivity contribution in [1.82, 2.24) is 14.9 Å². The Labute approximate surface area is 245 Å². The maximum Gasteiger partial charge on any atom is 0.410 e. The van der Waals surface area contributed by atoms with Crippen molar-refractivity contribution in [2.24, 2.45) is 0 Å². The van der Waals surface area contributed by atoms with E-state index in [-0.39, 0.29) is 17.3 Å². The predicted octanol–water partition coefficient (Wildman–Crippen LogP) is 6.46. The summed E-state index contributed by atoms with van der Waals surface area (Å²) in [7, 11) is 2.84. The van der Waals surface area contributed by atoms with Crippen LogP contribution in [0.25, 0.3) is 16.5 Å². The zero-order valence-corrected chi connectivity index (χ0v) is 25.2. The molecule has 0 saturated carbocycles. The lowest BCUT2D eigenvalue weighted by Gasteiger charge is -2.30. The summed E-state index contributed by atoms with van der Waals surface area (Å²) in [4.78, 5) is 23.5. The van der Waals surface area contributed by atoms with Gasteiger partial charge in [0.1, 0.15) is 29.6 Å². The van der Waals surface area contributed by atoms with E-state index in [2.05, 4.69) is 15.3 Å². The molecule has 0 aliphatic carbocycles. The Hall–Kier alpha value is -3.99. The first-order chi connectivity index (χ1) is 19.7. The Morgan fingerprint density at radius 3 is 2.50 bits per heavy atom. The van der Waals surface area contributed by atoms with Gasteiger partial charge in [0.05, 0.1) is 18.7 Å². The first-order valence-corrected chi connectivity index (χ1v) is 13.8. The predicted molar refractivity (Wildman–Crippen MR) is 160 cm³/mol. The number of amides is 1. The molecule has 0 fully saturated rings. The molecule has 0 bridgehead atoms. The summed E-state index contributed by atoms with van der Waals surface area (Å²) >= 11 is 0. The van der Waals surface area contributed by atoms with Crippen LogP contribution in [0.3, 0.4) is 0 Å². The Morgan fingerprint density at radius 1 is 1.14 bits per heavy atom. The molecule has 0 spiro atoms. The molecule has 2 heterocycles. The minimum absolute atomic E-state index is 0.214. The van der Waals surface area contributed by atoms with Crippen LogP contribution in [-0.2, 0) is 15.4 Å². The molecule has 1 amide bonds. The number of hydrogen-bond acceptors (Lipinski definition) is 8. The molecule has 4 rings (SSSR count). The number of anilines is 2. The molecule has 42 heavy (non-hydrogen) atoms. The van der Waals surface area contributed by atoms with Gasteiger partial charge in [-0.05, 0) is 76.4 Å². The van der Waals surface area contributed by atoms with E-state index in [1.807, 2.05) is 45.9 Å². The highest BCUT2D eigenvalue weighted by atomic mass is 19.3. The number of methoxy groups -OCH3 is 2. The lowest BCUT2D eigenvalue weighted by molar-refractivity contribution is -0.0698. The third kappa shape index (κ3) is 7.07. The number of benzene rings is 2. The van der Waals surface area contributed by atoms with Crippen molar-refractivity contribution < 1.29 is 27.8 Å². The molecule has 9 nitrogen and oxygen atoms in total. The molecular weight excluding hydrogens is 544 g/mol. The van der Waals surface area contributed by atoms with Crippen LogP contribution in [0.4, 0.5) is 25.1 Å². The first kappa shape index (κ1) is 31.0. The molecule has 226 valence electrons. The molecule has 0 saturated heterocycles. The summed E-state index contributed by atoms with van der Waals surface area (Å²) in [5.74, 6) is -1.45. The Balaban J connectivity index is 1.68. The molecule has 3 aromatic rings. The molecule has 1 aliphatic rings. The smallest absolute Gasteiger partial charge is 0.410 e. The van der Waals surface area contributed by atoms with Crippen molar-refractivity contribution >= 4 is 34.1 Å². The van der Waals surface area contributed by atoms with Crippen LogP contribution < -0.4 is 15.8 Å². The zero-order chi connectivity index (χ0) is 30.8. The van der Waals surface area contributed by atoms with E-state index in [9.17, 15) is 13.6 Å². The lowest BCUT2D eigenvalue weighted by atomic mass is 9.96. The number of aromatic nitrogens is 2. The Kier molecular flexibility index (Phi) is 8.91. The van der Waals surface area contributed by atoms with Gasteiger partial charge in [-0.15, -0.1) is 0 Å². The van der Waals surface area contributed by atoms with Crippen LogP contribution in [0.5, 0.6) is 5.75 Å². The molecule has 0 unspecified atom stereocenters.